The normalized spacial score (nSPS) is 13.0. The summed E-state index contributed by atoms with van der Waals surface area (Å²) in [5.74, 6) is 1.52. The van der Waals surface area contributed by atoms with E-state index in [2.05, 4.69) is 16.9 Å². The van der Waals surface area contributed by atoms with Crippen LogP contribution in [0.1, 0.15) is 0 Å². The highest BCUT2D eigenvalue weighted by atomic mass is 32.2. The standard InChI is InChI=1S/C21H20N2O6S/c1-3-10-22-20-21(23-19(29-20)15-6-4-5-7-16(15)26-2)30(24,25)14-8-9-17-18(13-14)28-12-11-27-17/h3-9,13,22H,1,10-12H2,2H3. The van der Waals surface area contributed by atoms with Crippen LogP contribution in [0.4, 0.5) is 5.88 Å². The minimum Gasteiger partial charge on any atom is -0.496 e. The molecular formula is C21H20N2O6S. The van der Waals surface area contributed by atoms with Crippen LogP contribution in [-0.4, -0.2) is 40.3 Å². The highest BCUT2D eigenvalue weighted by Gasteiger charge is 2.30. The van der Waals surface area contributed by atoms with Gasteiger partial charge in [-0.1, -0.05) is 18.2 Å². The molecule has 1 N–H and O–H groups in total. The Bertz CT molecular complexity index is 1190. The van der Waals surface area contributed by atoms with E-state index in [1.165, 1.54) is 19.2 Å². The zero-order chi connectivity index (χ0) is 21.1. The number of rotatable bonds is 7. The van der Waals surface area contributed by atoms with E-state index in [-0.39, 0.29) is 21.7 Å². The molecule has 30 heavy (non-hydrogen) atoms. The van der Waals surface area contributed by atoms with Crippen LogP contribution in [0.2, 0.25) is 0 Å². The van der Waals surface area contributed by atoms with Crippen LogP contribution in [0.25, 0.3) is 11.5 Å². The zero-order valence-electron chi connectivity index (χ0n) is 16.3. The number of methoxy groups -OCH3 is 1. The van der Waals surface area contributed by atoms with Crippen LogP contribution in [-0.2, 0) is 9.84 Å². The maximum absolute atomic E-state index is 13.4. The van der Waals surface area contributed by atoms with Gasteiger partial charge in [-0.2, -0.15) is 4.98 Å². The number of sulfone groups is 1. The molecule has 0 saturated carbocycles. The lowest BCUT2D eigenvalue weighted by molar-refractivity contribution is 0.171. The number of hydrogen-bond donors (Lipinski definition) is 1. The average Bonchev–Trinajstić information content (AvgIpc) is 3.22. The molecule has 0 radical (unpaired) electrons. The van der Waals surface area contributed by atoms with Gasteiger partial charge in [-0.25, -0.2) is 8.42 Å². The number of benzene rings is 2. The van der Waals surface area contributed by atoms with Gasteiger partial charge >= 0.3 is 0 Å². The summed E-state index contributed by atoms with van der Waals surface area (Å²) >= 11 is 0. The molecule has 9 heteroatoms. The van der Waals surface area contributed by atoms with Gasteiger partial charge in [0.1, 0.15) is 19.0 Å². The maximum atomic E-state index is 13.4. The molecule has 0 atom stereocenters. The minimum atomic E-state index is -4.02. The summed E-state index contributed by atoms with van der Waals surface area (Å²) in [4.78, 5) is 4.32. The highest BCUT2D eigenvalue weighted by Crippen LogP contribution is 2.38. The van der Waals surface area contributed by atoms with E-state index < -0.39 is 9.84 Å². The van der Waals surface area contributed by atoms with E-state index in [1.807, 2.05) is 0 Å². The fourth-order valence-corrected chi connectivity index (χ4v) is 4.30. The number of oxazole rings is 1. The van der Waals surface area contributed by atoms with Gasteiger partial charge in [-0.05, 0) is 24.3 Å². The summed E-state index contributed by atoms with van der Waals surface area (Å²) < 4.78 is 48.9. The number of para-hydroxylation sites is 1. The van der Waals surface area contributed by atoms with Crippen molar-refractivity contribution in [2.75, 3.05) is 32.2 Å². The summed E-state index contributed by atoms with van der Waals surface area (Å²) in [6.07, 6.45) is 1.59. The molecule has 0 spiro atoms. The number of anilines is 1. The summed E-state index contributed by atoms with van der Waals surface area (Å²) in [6, 6.07) is 11.5. The number of hydrogen-bond acceptors (Lipinski definition) is 8. The van der Waals surface area contributed by atoms with E-state index in [9.17, 15) is 8.42 Å². The molecule has 1 aliphatic heterocycles. The Morgan fingerprint density at radius 1 is 1.17 bits per heavy atom. The fourth-order valence-electron chi connectivity index (χ4n) is 3.00. The summed E-state index contributed by atoms with van der Waals surface area (Å²) in [6.45, 7) is 4.71. The van der Waals surface area contributed by atoms with Gasteiger partial charge in [-0.3, -0.25) is 0 Å². The van der Waals surface area contributed by atoms with Crippen molar-refractivity contribution in [3.8, 4) is 28.7 Å². The summed E-state index contributed by atoms with van der Waals surface area (Å²) in [5.41, 5.74) is 0.533. The van der Waals surface area contributed by atoms with E-state index in [0.29, 0.717) is 42.6 Å². The molecule has 0 amide bonds. The first-order valence-corrected chi connectivity index (χ1v) is 10.7. The molecule has 156 valence electrons. The largest absolute Gasteiger partial charge is 0.496 e. The lowest BCUT2D eigenvalue weighted by Crippen LogP contribution is -2.16. The molecule has 0 aliphatic carbocycles. The molecule has 0 fully saturated rings. The van der Waals surface area contributed by atoms with Gasteiger partial charge in [0.2, 0.25) is 26.6 Å². The second kappa shape index (κ2) is 8.11. The van der Waals surface area contributed by atoms with Crippen LogP contribution in [0.3, 0.4) is 0 Å². The van der Waals surface area contributed by atoms with E-state index in [4.69, 9.17) is 18.6 Å². The molecule has 2 heterocycles. The second-order valence-corrected chi connectivity index (χ2v) is 8.20. The lowest BCUT2D eigenvalue weighted by Gasteiger charge is -2.18. The van der Waals surface area contributed by atoms with Crippen LogP contribution in [0.15, 0.2) is 69.5 Å². The first kappa shape index (κ1) is 19.8. The van der Waals surface area contributed by atoms with Crippen molar-refractivity contribution >= 4 is 15.7 Å². The Balaban J connectivity index is 1.82. The van der Waals surface area contributed by atoms with Crippen LogP contribution < -0.4 is 19.5 Å². The van der Waals surface area contributed by atoms with Gasteiger partial charge in [0, 0.05) is 12.6 Å². The van der Waals surface area contributed by atoms with Crippen LogP contribution >= 0.6 is 0 Å². The molecule has 2 aromatic carbocycles. The molecule has 8 nitrogen and oxygen atoms in total. The smallest absolute Gasteiger partial charge is 0.234 e. The van der Waals surface area contributed by atoms with Crippen LogP contribution in [0, 0.1) is 0 Å². The average molecular weight is 428 g/mol. The SMILES string of the molecule is C=CCNc1oc(-c2ccccc2OC)nc1S(=O)(=O)c1ccc2c(c1)OCCO2. The minimum absolute atomic E-state index is 0.0192. The molecular weight excluding hydrogens is 408 g/mol. The van der Waals surface area contributed by atoms with Crippen molar-refractivity contribution in [3.05, 3.63) is 55.1 Å². The topological polar surface area (TPSA) is 99.9 Å². The number of nitrogens with zero attached hydrogens (tertiary/aromatic N) is 1. The first-order chi connectivity index (χ1) is 14.5. The summed E-state index contributed by atoms with van der Waals surface area (Å²) in [7, 11) is -2.50. The van der Waals surface area contributed by atoms with Crippen molar-refractivity contribution in [2.45, 2.75) is 9.92 Å². The molecule has 1 aromatic heterocycles. The van der Waals surface area contributed by atoms with Crippen molar-refractivity contribution in [3.63, 3.8) is 0 Å². The van der Waals surface area contributed by atoms with Gasteiger partial charge in [-0.15, -0.1) is 6.58 Å². The molecule has 0 unspecified atom stereocenters. The number of ether oxygens (including phenoxy) is 3. The second-order valence-electron chi connectivity index (χ2n) is 6.33. The Hall–Kier alpha value is -3.46. The summed E-state index contributed by atoms with van der Waals surface area (Å²) in [5, 5.41) is 2.67. The van der Waals surface area contributed by atoms with Gasteiger partial charge in [0.05, 0.1) is 17.6 Å². The number of aromatic nitrogens is 1. The van der Waals surface area contributed by atoms with Crippen molar-refractivity contribution in [2.24, 2.45) is 0 Å². The van der Waals surface area contributed by atoms with E-state index in [1.54, 1.807) is 36.4 Å². The predicted molar refractivity (Wildman–Crippen MR) is 110 cm³/mol. The predicted octanol–water partition coefficient (Wildman–Crippen LogP) is 3.55. The molecule has 1 aliphatic rings. The lowest BCUT2D eigenvalue weighted by atomic mass is 10.2. The highest BCUT2D eigenvalue weighted by molar-refractivity contribution is 7.91. The number of fused-ring (bicyclic) bond motifs is 1. The molecule has 3 aromatic rings. The van der Waals surface area contributed by atoms with Gasteiger partial charge in [0.15, 0.2) is 11.5 Å². The first-order valence-electron chi connectivity index (χ1n) is 9.18. The van der Waals surface area contributed by atoms with Gasteiger partial charge in [0.25, 0.3) is 0 Å². The van der Waals surface area contributed by atoms with Gasteiger partial charge < -0.3 is 23.9 Å². The van der Waals surface area contributed by atoms with E-state index >= 15 is 0 Å². The fraction of sp³-hybridized carbons (Fsp3) is 0.190. The Kier molecular flexibility index (Phi) is 5.37. The van der Waals surface area contributed by atoms with Crippen molar-refractivity contribution < 1.29 is 27.0 Å². The third-order valence-electron chi connectivity index (χ3n) is 4.42. The monoisotopic (exact) mass is 428 g/mol. The molecule has 0 saturated heterocycles. The van der Waals surface area contributed by atoms with Crippen molar-refractivity contribution in [1.82, 2.24) is 4.98 Å². The molecule has 4 rings (SSSR count). The Labute approximate surface area is 174 Å². The third kappa shape index (κ3) is 3.59. The zero-order valence-corrected chi connectivity index (χ0v) is 17.1. The maximum Gasteiger partial charge on any atom is 0.234 e. The number of nitrogens with one attached hydrogen (secondary N) is 1. The van der Waals surface area contributed by atoms with Crippen molar-refractivity contribution in [1.29, 1.82) is 0 Å². The Morgan fingerprint density at radius 2 is 1.93 bits per heavy atom. The van der Waals surface area contributed by atoms with Crippen LogP contribution in [0.5, 0.6) is 17.2 Å². The Morgan fingerprint density at radius 3 is 2.70 bits per heavy atom. The molecule has 0 bridgehead atoms. The third-order valence-corrected chi connectivity index (χ3v) is 6.08. The quantitative estimate of drug-likeness (QED) is 0.571. The van der Waals surface area contributed by atoms with E-state index in [0.717, 1.165) is 0 Å².